The number of carbonyl (C=O) groups excluding carboxylic acids is 2. The molecule has 0 amide bonds. The Kier molecular flexibility index (Phi) is 56.9. The van der Waals surface area contributed by atoms with Gasteiger partial charge in [-0.25, -0.2) is 0 Å². The molecule has 1 atom stereocenters. The summed E-state index contributed by atoms with van der Waals surface area (Å²) >= 11 is 0. The molecule has 5 nitrogen and oxygen atoms in total. The third-order valence-corrected chi connectivity index (χ3v) is 12.3. The van der Waals surface area contributed by atoms with Gasteiger partial charge in [0.25, 0.3) is 0 Å². The number of unbranched alkanes of at least 4 members (excludes halogenated alkanes) is 24. The molecule has 0 N–H and O–H groups in total. The van der Waals surface area contributed by atoms with E-state index in [1.807, 2.05) is 0 Å². The molecule has 0 heterocycles. The summed E-state index contributed by atoms with van der Waals surface area (Å²) in [5.41, 5.74) is 0. The Bertz CT molecular complexity index is 1380. The summed E-state index contributed by atoms with van der Waals surface area (Å²) in [6.45, 7) is 7.62. The van der Waals surface area contributed by atoms with E-state index in [-0.39, 0.29) is 25.2 Å². The number of hydrogen-bond acceptors (Lipinski definition) is 5. The topological polar surface area (TPSA) is 61.8 Å². The molecule has 0 aromatic rings. The minimum atomic E-state index is -0.567. The summed E-state index contributed by atoms with van der Waals surface area (Å²) in [5.74, 6) is -0.451. The van der Waals surface area contributed by atoms with E-state index < -0.39 is 6.10 Å². The van der Waals surface area contributed by atoms with Crippen molar-refractivity contribution in [3.63, 3.8) is 0 Å². The van der Waals surface area contributed by atoms with Gasteiger partial charge in [0.2, 0.25) is 0 Å². The second kappa shape index (κ2) is 59.9. The molecule has 0 aliphatic rings. The van der Waals surface area contributed by atoms with Crippen LogP contribution in [0.3, 0.4) is 0 Å². The standard InChI is InChI=1S/C65H110O5/c1-4-7-10-13-16-19-22-25-28-30-32-34-36-39-42-45-48-51-54-57-60-68-61-63(70-65(67)59-56-53-50-47-44-41-37-27-24-21-18-15-12-9-6-3)62-69-64(66)58-55-52-49-46-43-40-38-35-33-31-29-26-23-20-17-14-11-8-5-2/h8,11,16-21,25-29,33,35,37,40,43,63H,4-7,9-10,12-15,22-24,30-32,34,36,38-39,41-42,44-62H2,1-3H3/b11-8-,19-16-,20-17-,21-18-,28-25-,29-26-,35-33-,37-27-,43-40-. The normalized spacial score (nSPS) is 13.0. The van der Waals surface area contributed by atoms with Gasteiger partial charge in [-0.05, 0) is 128 Å². The quantitative estimate of drug-likeness (QED) is 0.0345. The fourth-order valence-corrected chi connectivity index (χ4v) is 7.89. The molecule has 1 unspecified atom stereocenters. The highest BCUT2D eigenvalue weighted by molar-refractivity contribution is 5.70. The number of carbonyl (C=O) groups is 2. The van der Waals surface area contributed by atoms with Gasteiger partial charge in [-0.1, -0.05) is 233 Å². The van der Waals surface area contributed by atoms with Crippen molar-refractivity contribution in [2.45, 2.75) is 271 Å². The van der Waals surface area contributed by atoms with Crippen LogP contribution in [0.2, 0.25) is 0 Å². The third-order valence-electron chi connectivity index (χ3n) is 12.3. The number of allylic oxidation sites excluding steroid dienone is 18. The Morgan fingerprint density at radius 2 is 0.643 bits per heavy atom. The highest BCUT2D eigenvalue weighted by Gasteiger charge is 2.17. The summed E-state index contributed by atoms with van der Waals surface area (Å²) in [6.07, 6.45) is 82.5. The van der Waals surface area contributed by atoms with Gasteiger partial charge in [-0.15, -0.1) is 0 Å². The summed E-state index contributed by atoms with van der Waals surface area (Å²) in [6, 6.07) is 0. The van der Waals surface area contributed by atoms with Crippen molar-refractivity contribution in [1.29, 1.82) is 0 Å². The zero-order valence-electron chi connectivity index (χ0n) is 46.0. The molecule has 0 rings (SSSR count). The highest BCUT2D eigenvalue weighted by Crippen LogP contribution is 2.14. The van der Waals surface area contributed by atoms with Gasteiger partial charge in [0.1, 0.15) is 6.61 Å². The Labute approximate surface area is 434 Å². The second-order valence-electron chi connectivity index (χ2n) is 19.2. The van der Waals surface area contributed by atoms with Crippen molar-refractivity contribution in [3.8, 4) is 0 Å². The summed E-state index contributed by atoms with van der Waals surface area (Å²) < 4.78 is 17.5. The second-order valence-corrected chi connectivity index (χ2v) is 19.2. The average molecular weight is 972 g/mol. The van der Waals surface area contributed by atoms with E-state index in [0.29, 0.717) is 19.4 Å². The molecular formula is C65H110O5. The van der Waals surface area contributed by atoms with Crippen LogP contribution in [0, 0.1) is 0 Å². The molecular weight excluding hydrogens is 861 g/mol. The SMILES string of the molecule is CC/C=C\C/C=C\C/C=C\C/C=C\C/C=C\CCCCCC(=O)OCC(COCCCCCCCCCCCC/C=C\C/C=C\CCCCC)OC(=O)CCCCCCC/C=C\C/C=C\CCCCC. The van der Waals surface area contributed by atoms with Gasteiger partial charge in [0.15, 0.2) is 6.10 Å². The molecule has 0 bridgehead atoms. The molecule has 0 spiro atoms. The van der Waals surface area contributed by atoms with E-state index in [0.717, 1.165) is 109 Å². The predicted molar refractivity (Wildman–Crippen MR) is 306 cm³/mol. The number of ether oxygens (including phenoxy) is 3. The molecule has 5 heteroatoms. The van der Waals surface area contributed by atoms with Crippen molar-refractivity contribution in [2.24, 2.45) is 0 Å². The van der Waals surface area contributed by atoms with Gasteiger partial charge < -0.3 is 14.2 Å². The first-order valence-electron chi connectivity index (χ1n) is 29.4. The van der Waals surface area contributed by atoms with Crippen LogP contribution in [0.4, 0.5) is 0 Å². The fraction of sp³-hybridized carbons (Fsp3) is 0.692. The van der Waals surface area contributed by atoms with Crippen molar-refractivity contribution in [2.75, 3.05) is 19.8 Å². The van der Waals surface area contributed by atoms with Crippen molar-refractivity contribution in [3.05, 3.63) is 109 Å². The Morgan fingerprint density at radius 1 is 0.329 bits per heavy atom. The summed E-state index contributed by atoms with van der Waals surface area (Å²) in [7, 11) is 0. The Balaban J connectivity index is 4.36. The Hall–Kier alpha value is -3.44. The van der Waals surface area contributed by atoms with E-state index in [4.69, 9.17) is 14.2 Å². The first kappa shape index (κ1) is 66.6. The van der Waals surface area contributed by atoms with E-state index in [1.54, 1.807) is 0 Å². The maximum absolute atomic E-state index is 12.9. The van der Waals surface area contributed by atoms with Crippen molar-refractivity contribution < 1.29 is 23.8 Å². The lowest BCUT2D eigenvalue weighted by molar-refractivity contribution is -0.163. The van der Waals surface area contributed by atoms with Gasteiger partial charge in [0.05, 0.1) is 6.61 Å². The Morgan fingerprint density at radius 3 is 1.04 bits per heavy atom. The van der Waals surface area contributed by atoms with E-state index in [2.05, 4.69) is 130 Å². The molecule has 400 valence electrons. The average Bonchev–Trinajstić information content (AvgIpc) is 3.36. The monoisotopic (exact) mass is 971 g/mol. The van der Waals surface area contributed by atoms with Crippen LogP contribution in [-0.2, 0) is 23.8 Å². The molecule has 0 aliphatic heterocycles. The zero-order valence-corrected chi connectivity index (χ0v) is 46.0. The van der Waals surface area contributed by atoms with Crippen LogP contribution in [-0.4, -0.2) is 37.9 Å². The molecule has 0 saturated carbocycles. The number of esters is 2. The first-order valence-corrected chi connectivity index (χ1v) is 29.4. The van der Waals surface area contributed by atoms with Crippen LogP contribution in [0.15, 0.2) is 109 Å². The van der Waals surface area contributed by atoms with Gasteiger partial charge >= 0.3 is 11.9 Å². The zero-order chi connectivity index (χ0) is 50.6. The lowest BCUT2D eigenvalue weighted by Crippen LogP contribution is -2.30. The summed E-state index contributed by atoms with van der Waals surface area (Å²) in [5, 5.41) is 0. The summed E-state index contributed by atoms with van der Waals surface area (Å²) in [4.78, 5) is 25.5. The van der Waals surface area contributed by atoms with Gasteiger partial charge in [0, 0.05) is 19.4 Å². The van der Waals surface area contributed by atoms with Gasteiger partial charge in [-0.2, -0.15) is 0 Å². The number of rotatable bonds is 53. The molecule has 0 fully saturated rings. The minimum absolute atomic E-state index is 0.0559. The molecule has 70 heavy (non-hydrogen) atoms. The highest BCUT2D eigenvalue weighted by atomic mass is 16.6. The third kappa shape index (κ3) is 57.1. The number of hydrogen-bond donors (Lipinski definition) is 0. The van der Waals surface area contributed by atoms with Crippen LogP contribution in [0.1, 0.15) is 265 Å². The van der Waals surface area contributed by atoms with Crippen LogP contribution in [0.5, 0.6) is 0 Å². The molecule has 0 radical (unpaired) electrons. The van der Waals surface area contributed by atoms with E-state index in [1.165, 1.54) is 122 Å². The molecule has 0 aliphatic carbocycles. The van der Waals surface area contributed by atoms with Crippen LogP contribution in [0.25, 0.3) is 0 Å². The first-order chi connectivity index (χ1) is 34.6. The maximum atomic E-state index is 12.9. The van der Waals surface area contributed by atoms with Crippen molar-refractivity contribution >= 4 is 11.9 Å². The van der Waals surface area contributed by atoms with Crippen LogP contribution >= 0.6 is 0 Å². The molecule has 0 saturated heterocycles. The lowest BCUT2D eigenvalue weighted by Gasteiger charge is -2.18. The van der Waals surface area contributed by atoms with E-state index in [9.17, 15) is 9.59 Å². The predicted octanol–water partition coefficient (Wildman–Crippen LogP) is 20.3. The van der Waals surface area contributed by atoms with E-state index >= 15 is 0 Å². The lowest BCUT2D eigenvalue weighted by atomic mass is 10.1. The van der Waals surface area contributed by atoms with Crippen molar-refractivity contribution in [1.82, 2.24) is 0 Å². The van der Waals surface area contributed by atoms with Gasteiger partial charge in [-0.3, -0.25) is 9.59 Å². The molecule has 0 aromatic heterocycles. The maximum Gasteiger partial charge on any atom is 0.306 e. The molecule has 0 aromatic carbocycles. The minimum Gasteiger partial charge on any atom is -0.462 e. The largest absolute Gasteiger partial charge is 0.462 e. The fourth-order valence-electron chi connectivity index (χ4n) is 7.89. The smallest absolute Gasteiger partial charge is 0.306 e. The van der Waals surface area contributed by atoms with Crippen LogP contribution < -0.4 is 0 Å².